The van der Waals surface area contributed by atoms with Gasteiger partial charge in [-0.05, 0) is 23.8 Å². The molecule has 0 aliphatic carbocycles. The van der Waals surface area contributed by atoms with Gasteiger partial charge in [-0.25, -0.2) is 9.97 Å². The van der Waals surface area contributed by atoms with Crippen LogP contribution in [0.25, 0.3) is 10.9 Å². The highest BCUT2D eigenvalue weighted by Crippen LogP contribution is 2.33. The Kier molecular flexibility index (Phi) is 4.62. The minimum Gasteiger partial charge on any atom is -0.497 e. The summed E-state index contributed by atoms with van der Waals surface area (Å²) in [5, 5.41) is 0.925. The van der Waals surface area contributed by atoms with E-state index in [1.807, 2.05) is 24.3 Å². The number of benzene rings is 2. The van der Waals surface area contributed by atoms with E-state index in [9.17, 15) is 13.2 Å². The van der Waals surface area contributed by atoms with Gasteiger partial charge in [-0.15, -0.1) is 11.8 Å². The van der Waals surface area contributed by atoms with E-state index in [1.165, 1.54) is 11.8 Å². The monoisotopic (exact) mass is 350 g/mol. The second-order valence-corrected chi connectivity index (χ2v) is 5.97. The molecule has 1 aromatic heterocycles. The predicted molar refractivity (Wildman–Crippen MR) is 87.1 cm³/mol. The molecule has 3 aromatic rings. The van der Waals surface area contributed by atoms with Crippen LogP contribution in [0.2, 0.25) is 0 Å². The molecule has 0 radical (unpaired) electrons. The highest BCUT2D eigenvalue weighted by molar-refractivity contribution is 7.98. The Labute approximate surface area is 140 Å². The molecule has 7 heteroatoms. The zero-order chi connectivity index (χ0) is 17.2. The fourth-order valence-electron chi connectivity index (χ4n) is 2.20. The lowest BCUT2D eigenvalue weighted by atomic mass is 10.2. The van der Waals surface area contributed by atoms with Crippen molar-refractivity contribution in [1.82, 2.24) is 9.97 Å². The number of halogens is 3. The average molecular weight is 350 g/mol. The third-order valence-corrected chi connectivity index (χ3v) is 4.39. The number of ether oxygens (including phenoxy) is 1. The van der Waals surface area contributed by atoms with E-state index in [4.69, 9.17) is 4.74 Å². The second kappa shape index (κ2) is 6.68. The summed E-state index contributed by atoms with van der Waals surface area (Å²) in [6.07, 6.45) is -4.57. The minimum atomic E-state index is -4.57. The third-order valence-electron chi connectivity index (χ3n) is 3.33. The van der Waals surface area contributed by atoms with E-state index in [0.29, 0.717) is 21.9 Å². The minimum absolute atomic E-state index is 0.285. The van der Waals surface area contributed by atoms with Crippen molar-refractivity contribution in [1.29, 1.82) is 0 Å². The van der Waals surface area contributed by atoms with E-state index in [-0.39, 0.29) is 5.52 Å². The van der Waals surface area contributed by atoms with Crippen molar-refractivity contribution in [2.75, 3.05) is 7.11 Å². The number of nitrogens with zero attached hydrogens (tertiary/aromatic N) is 2. The molecule has 3 rings (SSSR count). The zero-order valence-electron chi connectivity index (χ0n) is 12.7. The van der Waals surface area contributed by atoms with Gasteiger partial charge in [-0.1, -0.05) is 30.3 Å². The number of aromatic nitrogens is 2. The lowest BCUT2D eigenvalue weighted by Gasteiger charge is -2.10. The van der Waals surface area contributed by atoms with Gasteiger partial charge in [0.1, 0.15) is 10.8 Å². The summed E-state index contributed by atoms with van der Waals surface area (Å²) >= 11 is 1.25. The van der Waals surface area contributed by atoms with Crippen LogP contribution in [0, 0.1) is 0 Å². The number of alkyl halides is 3. The van der Waals surface area contributed by atoms with E-state index < -0.39 is 12.0 Å². The van der Waals surface area contributed by atoms with Gasteiger partial charge >= 0.3 is 6.18 Å². The molecule has 0 spiro atoms. The molecule has 0 aliphatic rings. The summed E-state index contributed by atoms with van der Waals surface area (Å²) < 4.78 is 44.2. The Morgan fingerprint density at radius 3 is 2.58 bits per heavy atom. The van der Waals surface area contributed by atoms with Gasteiger partial charge in [0.25, 0.3) is 0 Å². The average Bonchev–Trinajstić information content (AvgIpc) is 2.58. The molecule has 1 heterocycles. The fraction of sp³-hybridized carbons (Fsp3) is 0.176. The van der Waals surface area contributed by atoms with Gasteiger partial charge in [0.15, 0.2) is 0 Å². The Bertz CT molecular complexity index is 868. The molecule has 0 amide bonds. The highest BCUT2D eigenvalue weighted by Gasteiger charge is 2.35. The summed E-state index contributed by atoms with van der Waals surface area (Å²) in [6, 6.07) is 14.1. The van der Waals surface area contributed by atoms with Gasteiger partial charge in [0.2, 0.25) is 5.82 Å². The lowest BCUT2D eigenvalue weighted by molar-refractivity contribution is -0.145. The van der Waals surface area contributed by atoms with Crippen molar-refractivity contribution < 1.29 is 17.9 Å². The quantitative estimate of drug-likeness (QED) is 0.493. The highest BCUT2D eigenvalue weighted by atomic mass is 32.2. The topological polar surface area (TPSA) is 35.0 Å². The number of methoxy groups -OCH3 is 1. The van der Waals surface area contributed by atoms with Crippen molar-refractivity contribution in [3.8, 4) is 5.75 Å². The normalized spacial score (nSPS) is 11.7. The molecule has 24 heavy (non-hydrogen) atoms. The number of hydrogen-bond donors (Lipinski definition) is 0. The maximum absolute atomic E-state index is 13.0. The summed E-state index contributed by atoms with van der Waals surface area (Å²) in [4.78, 5) is 7.35. The number of thioether (sulfide) groups is 1. The van der Waals surface area contributed by atoms with Gasteiger partial charge in [-0.3, -0.25) is 0 Å². The largest absolute Gasteiger partial charge is 0.497 e. The van der Waals surface area contributed by atoms with Crippen LogP contribution in [0.15, 0.2) is 53.6 Å². The molecule has 0 unspecified atom stereocenters. The third kappa shape index (κ3) is 3.62. The maximum Gasteiger partial charge on any atom is 0.451 e. The van der Waals surface area contributed by atoms with Gasteiger partial charge < -0.3 is 4.74 Å². The molecule has 0 atom stereocenters. The van der Waals surface area contributed by atoms with Gasteiger partial charge in [0.05, 0.1) is 12.6 Å². The fourth-order valence-corrected chi connectivity index (χ4v) is 3.16. The molecular formula is C17H13F3N2OS. The second-order valence-electron chi connectivity index (χ2n) is 5.01. The first kappa shape index (κ1) is 16.6. The number of rotatable bonds is 4. The molecule has 0 saturated heterocycles. The molecule has 0 fully saturated rings. The number of fused-ring (bicyclic) bond motifs is 1. The Hall–Kier alpha value is -2.28. The SMILES string of the molecule is COc1cccc(CSc2nc(C(F)(F)F)nc3ccccc23)c1. The molecule has 0 saturated carbocycles. The van der Waals surface area contributed by atoms with Crippen LogP contribution in [0.4, 0.5) is 13.2 Å². The number of hydrogen-bond acceptors (Lipinski definition) is 4. The van der Waals surface area contributed by atoms with Crippen LogP contribution < -0.4 is 4.74 Å². The number of para-hydroxylation sites is 1. The van der Waals surface area contributed by atoms with Crippen LogP contribution in [-0.2, 0) is 11.9 Å². The maximum atomic E-state index is 13.0. The van der Waals surface area contributed by atoms with Crippen LogP contribution in [-0.4, -0.2) is 17.1 Å². The van der Waals surface area contributed by atoms with Crippen molar-refractivity contribution in [2.24, 2.45) is 0 Å². The first-order chi connectivity index (χ1) is 11.5. The van der Waals surface area contributed by atoms with Crippen LogP contribution in [0.3, 0.4) is 0 Å². The Morgan fingerprint density at radius 1 is 1.04 bits per heavy atom. The summed E-state index contributed by atoms with van der Waals surface area (Å²) in [6.45, 7) is 0. The van der Waals surface area contributed by atoms with Gasteiger partial charge in [-0.2, -0.15) is 13.2 Å². The molecule has 124 valence electrons. The standard InChI is InChI=1S/C17H13F3N2OS/c1-23-12-6-4-5-11(9-12)10-24-15-13-7-2-3-8-14(13)21-16(22-15)17(18,19)20/h2-9H,10H2,1H3. The summed E-state index contributed by atoms with van der Waals surface area (Å²) in [5.74, 6) is 0.0705. The Balaban J connectivity index is 1.95. The van der Waals surface area contributed by atoms with E-state index in [2.05, 4.69) is 9.97 Å². The molecule has 0 bridgehead atoms. The smallest absolute Gasteiger partial charge is 0.451 e. The van der Waals surface area contributed by atoms with Crippen molar-refractivity contribution >= 4 is 22.7 Å². The molecular weight excluding hydrogens is 337 g/mol. The Morgan fingerprint density at radius 2 is 1.83 bits per heavy atom. The lowest BCUT2D eigenvalue weighted by Crippen LogP contribution is -2.11. The molecule has 0 N–H and O–H groups in total. The summed E-state index contributed by atoms with van der Waals surface area (Å²) in [5.41, 5.74) is 1.23. The van der Waals surface area contributed by atoms with E-state index in [1.54, 1.807) is 31.4 Å². The van der Waals surface area contributed by atoms with Crippen LogP contribution >= 0.6 is 11.8 Å². The van der Waals surface area contributed by atoms with E-state index in [0.717, 1.165) is 5.56 Å². The molecule has 0 aliphatic heterocycles. The first-order valence-electron chi connectivity index (χ1n) is 7.07. The van der Waals surface area contributed by atoms with Crippen LogP contribution in [0.1, 0.15) is 11.4 Å². The molecule has 3 nitrogen and oxygen atoms in total. The predicted octanol–water partition coefficient (Wildman–Crippen LogP) is 4.95. The van der Waals surface area contributed by atoms with Crippen molar-refractivity contribution in [3.63, 3.8) is 0 Å². The van der Waals surface area contributed by atoms with Gasteiger partial charge in [0, 0.05) is 11.1 Å². The van der Waals surface area contributed by atoms with E-state index >= 15 is 0 Å². The van der Waals surface area contributed by atoms with Crippen LogP contribution in [0.5, 0.6) is 5.75 Å². The van der Waals surface area contributed by atoms with Crippen molar-refractivity contribution in [2.45, 2.75) is 17.0 Å². The molecule has 2 aromatic carbocycles. The first-order valence-corrected chi connectivity index (χ1v) is 8.05. The zero-order valence-corrected chi connectivity index (χ0v) is 13.5. The summed E-state index contributed by atoms with van der Waals surface area (Å²) in [7, 11) is 1.57. The van der Waals surface area contributed by atoms with Crippen molar-refractivity contribution in [3.05, 3.63) is 59.9 Å².